The summed E-state index contributed by atoms with van der Waals surface area (Å²) in [4.78, 5) is 4.20. The summed E-state index contributed by atoms with van der Waals surface area (Å²) in [5, 5.41) is 0.803. The summed E-state index contributed by atoms with van der Waals surface area (Å²) in [6.07, 6.45) is 13.5. The second kappa shape index (κ2) is 9.75. The molecule has 142 valence electrons. The Morgan fingerprint density at radius 1 is 1.31 bits per heavy atom. The molecule has 0 radical (unpaired) electrons. The Labute approximate surface area is 166 Å². The van der Waals surface area contributed by atoms with Gasteiger partial charge >= 0.3 is 0 Å². The molecule has 1 aromatic carbocycles. The standard InChI is InChI=1S/C21H30N2OS2/c1-3-4-5-20-10-15-25-21(26-20,11-13-23-14-12-22-17-23)16-18-6-8-19(24-2)9-7-18/h6-9,12,14,17,20H,3-5,10-11,13,15-16H2,1-2H3. The van der Waals surface area contributed by atoms with Crippen LogP contribution in [0.1, 0.15) is 44.6 Å². The van der Waals surface area contributed by atoms with Crippen LogP contribution in [-0.4, -0.2) is 31.7 Å². The molecule has 0 spiro atoms. The number of aromatic nitrogens is 2. The second-order valence-electron chi connectivity index (χ2n) is 7.01. The largest absolute Gasteiger partial charge is 0.497 e. The summed E-state index contributed by atoms with van der Waals surface area (Å²) in [6, 6.07) is 8.64. The average molecular weight is 391 g/mol. The van der Waals surface area contributed by atoms with E-state index in [9.17, 15) is 0 Å². The van der Waals surface area contributed by atoms with Gasteiger partial charge in [-0.15, -0.1) is 23.5 Å². The van der Waals surface area contributed by atoms with Gasteiger partial charge in [0, 0.05) is 24.2 Å². The van der Waals surface area contributed by atoms with E-state index in [1.807, 2.05) is 12.5 Å². The summed E-state index contributed by atoms with van der Waals surface area (Å²) in [5.41, 5.74) is 1.41. The van der Waals surface area contributed by atoms with Gasteiger partial charge in [0.1, 0.15) is 5.75 Å². The monoisotopic (exact) mass is 390 g/mol. The van der Waals surface area contributed by atoms with Crippen LogP contribution >= 0.6 is 23.5 Å². The minimum absolute atomic E-state index is 0.259. The van der Waals surface area contributed by atoms with Crippen molar-refractivity contribution >= 4 is 23.5 Å². The highest BCUT2D eigenvalue weighted by molar-refractivity contribution is 8.19. The molecule has 3 rings (SSSR count). The number of hydrogen-bond acceptors (Lipinski definition) is 4. The van der Waals surface area contributed by atoms with Crippen molar-refractivity contribution in [1.82, 2.24) is 9.55 Å². The van der Waals surface area contributed by atoms with E-state index in [2.05, 4.69) is 70.5 Å². The third kappa shape index (κ3) is 5.46. The Balaban J connectivity index is 1.73. The molecular weight excluding hydrogens is 360 g/mol. The molecule has 5 heteroatoms. The van der Waals surface area contributed by atoms with Gasteiger partial charge < -0.3 is 9.30 Å². The number of unbranched alkanes of at least 4 members (excludes halogenated alkanes) is 1. The summed E-state index contributed by atoms with van der Waals surface area (Å²) >= 11 is 4.42. The van der Waals surface area contributed by atoms with Crippen LogP contribution in [0, 0.1) is 0 Å². The third-order valence-electron chi connectivity index (χ3n) is 5.01. The molecule has 0 N–H and O–H groups in total. The van der Waals surface area contributed by atoms with Gasteiger partial charge in [0.15, 0.2) is 0 Å². The van der Waals surface area contributed by atoms with Crippen LogP contribution in [0.25, 0.3) is 0 Å². The maximum atomic E-state index is 5.32. The highest BCUT2D eigenvalue weighted by Gasteiger charge is 2.37. The van der Waals surface area contributed by atoms with Gasteiger partial charge in [0.05, 0.1) is 17.5 Å². The van der Waals surface area contributed by atoms with Gasteiger partial charge in [-0.1, -0.05) is 31.9 Å². The van der Waals surface area contributed by atoms with Gasteiger partial charge in [-0.2, -0.15) is 0 Å². The van der Waals surface area contributed by atoms with Crippen LogP contribution in [0.5, 0.6) is 5.75 Å². The first-order valence-corrected chi connectivity index (χ1v) is 11.5. The molecule has 2 heterocycles. The molecular formula is C21H30N2OS2. The molecule has 1 fully saturated rings. The van der Waals surface area contributed by atoms with Crippen LogP contribution in [0.2, 0.25) is 0 Å². The molecule has 1 aliphatic heterocycles. The van der Waals surface area contributed by atoms with E-state index >= 15 is 0 Å². The number of rotatable bonds is 9. The first kappa shape index (κ1) is 19.7. The number of ether oxygens (including phenoxy) is 1. The van der Waals surface area contributed by atoms with E-state index in [0.29, 0.717) is 0 Å². The maximum Gasteiger partial charge on any atom is 0.118 e. The summed E-state index contributed by atoms with van der Waals surface area (Å²) in [6.45, 7) is 3.34. The SMILES string of the molecule is CCCCC1CCSC(CCn2ccnc2)(Cc2ccc(OC)cc2)S1. The number of methoxy groups -OCH3 is 1. The Bertz CT molecular complexity index is 645. The smallest absolute Gasteiger partial charge is 0.118 e. The molecule has 0 amide bonds. The van der Waals surface area contributed by atoms with Crippen LogP contribution < -0.4 is 4.74 Å². The molecule has 26 heavy (non-hydrogen) atoms. The zero-order chi connectivity index (χ0) is 18.2. The lowest BCUT2D eigenvalue weighted by Gasteiger charge is -2.40. The quantitative estimate of drug-likeness (QED) is 0.553. The topological polar surface area (TPSA) is 27.1 Å². The molecule has 0 aliphatic carbocycles. The number of aryl methyl sites for hydroxylation is 1. The molecule has 1 aliphatic rings. The Hall–Kier alpha value is -1.07. The molecule has 3 nitrogen and oxygen atoms in total. The normalized spacial score (nSPS) is 23.1. The molecule has 1 aromatic heterocycles. The summed E-state index contributed by atoms with van der Waals surface area (Å²) in [7, 11) is 1.73. The van der Waals surface area contributed by atoms with Crippen molar-refractivity contribution in [1.29, 1.82) is 0 Å². The molecule has 2 atom stereocenters. The third-order valence-corrected chi connectivity index (χ3v) is 8.55. The predicted octanol–water partition coefficient (Wildman–Crippen LogP) is 5.65. The number of imidazole rings is 1. The lowest BCUT2D eigenvalue weighted by Crippen LogP contribution is -2.33. The lowest BCUT2D eigenvalue weighted by atomic mass is 10.1. The van der Waals surface area contributed by atoms with Gasteiger partial charge in [-0.25, -0.2) is 4.98 Å². The minimum Gasteiger partial charge on any atom is -0.497 e. The van der Waals surface area contributed by atoms with Crippen molar-refractivity contribution in [2.24, 2.45) is 0 Å². The summed E-state index contributed by atoms with van der Waals surface area (Å²) < 4.78 is 7.80. The Morgan fingerprint density at radius 2 is 2.15 bits per heavy atom. The highest BCUT2D eigenvalue weighted by atomic mass is 32.2. The lowest BCUT2D eigenvalue weighted by molar-refractivity contribution is 0.414. The highest BCUT2D eigenvalue weighted by Crippen LogP contribution is 2.51. The van der Waals surface area contributed by atoms with Crippen molar-refractivity contribution in [2.45, 2.75) is 61.3 Å². The molecule has 2 aromatic rings. The number of nitrogens with zero attached hydrogens (tertiary/aromatic N) is 2. The van der Waals surface area contributed by atoms with E-state index in [0.717, 1.165) is 24.0 Å². The van der Waals surface area contributed by atoms with Crippen molar-refractivity contribution in [3.63, 3.8) is 0 Å². The van der Waals surface area contributed by atoms with Crippen molar-refractivity contribution < 1.29 is 4.74 Å². The Morgan fingerprint density at radius 3 is 2.85 bits per heavy atom. The van der Waals surface area contributed by atoms with Crippen LogP contribution in [0.3, 0.4) is 0 Å². The number of hydrogen-bond donors (Lipinski definition) is 0. The van der Waals surface area contributed by atoms with Crippen molar-refractivity contribution in [3.8, 4) is 5.75 Å². The number of benzene rings is 1. The van der Waals surface area contributed by atoms with Gasteiger partial charge in [0.25, 0.3) is 0 Å². The molecule has 0 bridgehead atoms. The van der Waals surface area contributed by atoms with Crippen LogP contribution in [0.4, 0.5) is 0 Å². The van der Waals surface area contributed by atoms with Crippen molar-refractivity contribution in [3.05, 3.63) is 48.5 Å². The molecule has 2 unspecified atom stereocenters. The van der Waals surface area contributed by atoms with Gasteiger partial charge in [-0.05, 0) is 49.1 Å². The fraction of sp³-hybridized carbons (Fsp3) is 0.571. The maximum absolute atomic E-state index is 5.32. The molecule has 1 saturated heterocycles. The first-order chi connectivity index (χ1) is 12.7. The summed E-state index contributed by atoms with van der Waals surface area (Å²) in [5.74, 6) is 2.22. The fourth-order valence-electron chi connectivity index (χ4n) is 3.49. The van der Waals surface area contributed by atoms with E-state index in [4.69, 9.17) is 4.74 Å². The van der Waals surface area contributed by atoms with Crippen molar-refractivity contribution in [2.75, 3.05) is 12.9 Å². The van der Waals surface area contributed by atoms with Gasteiger partial charge in [-0.3, -0.25) is 0 Å². The predicted molar refractivity (Wildman–Crippen MR) is 114 cm³/mol. The minimum atomic E-state index is 0.259. The zero-order valence-corrected chi connectivity index (χ0v) is 17.5. The average Bonchev–Trinajstić information content (AvgIpc) is 3.19. The van der Waals surface area contributed by atoms with E-state index < -0.39 is 0 Å². The molecule has 0 saturated carbocycles. The zero-order valence-electron chi connectivity index (χ0n) is 15.9. The van der Waals surface area contributed by atoms with Crippen LogP contribution in [-0.2, 0) is 13.0 Å². The second-order valence-corrected chi connectivity index (χ2v) is 10.4. The van der Waals surface area contributed by atoms with Gasteiger partial charge in [0.2, 0.25) is 0 Å². The number of thioether (sulfide) groups is 2. The van der Waals surface area contributed by atoms with E-state index in [1.54, 1.807) is 7.11 Å². The van der Waals surface area contributed by atoms with Crippen LogP contribution in [0.15, 0.2) is 43.0 Å². The van der Waals surface area contributed by atoms with E-state index in [1.165, 1.54) is 43.4 Å². The van der Waals surface area contributed by atoms with E-state index in [-0.39, 0.29) is 4.08 Å². The first-order valence-electron chi connectivity index (χ1n) is 9.63. The Kier molecular flexibility index (Phi) is 7.38. The fourth-order valence-corrected chi connectivity index (χ4v) is 7.44.